The number of hydrogen-bond acceptors (Lipinski definition) is 6. The minimum absolute atomic E-state index is 0.144. The van der Waals surface area contributed by atoms with Gasteiger partial charge in [0.25, 0.3) is 0 Å². The zero-order valence-electron chi connectivity index (χ0n) is 19.0. The van der Waals surface area contributed by atoms with Crippen LogP contribution in [0.4, 0.5) is 4.79 Å². The van der Waals surface area contributed by atoms with Crippen LogP contribution in [0.5, 0.6) is 0 Å². The van der Waals surface area contributed by atoms with Gasteiger partial charge in [0.05, 0.1) is 5.69 Å². The van der Waals surface area contributed by atoms with Gasteiger partial charge >= 0.3 is 6.09 Å². The lowest BCUT2D eigenvalue weighted by Crippen LogP contribution is -2.41. The standard InChI is InChI=1S/C22H33ClN4O4/c1-6-29-19(30-7-2)16-12-15-13-24-20(23)25-18(15)27(16)17(14-10-8-9-11-14)26-21(28)31-22(3,4)5/h12-14,17,19H,6-11H2,1-5H3,(H,26,28). The molecule has 1 N–H and O–H groups in total. The molecule has 0 aliphatic heterocycles. The zero-order valence-corrected chi connectivity index (χ0v) is 19.7. The highest BCUT2D eigenvalue weighted by atomic mass is 35.5. The molecule has 1 aliphatic rings. The summed E-state index contributed by atoms with van der Waals surface area (Å²) in [5, 5.41) is 4.04. The molecule has 2 aromatic heterocycles. The van der Waals surface area contributed by atoms with E-state index in [0.717, 1.165) is 36.8 Å². The van der Waals surface area contributed by atoms with E-state index in [9.17, 15) is 4.79 Å². The average Bonchev–Trinajstić information content (AvgIpc) is 3.32. The summed E-state index contributed by atoms with van der Waals surface area (Å²) in [6.45, 7) is 10.3. The first kappa shape index (κ1) is 23.8. The molecule has 1 amide bonds. The van der Waals surface area contributed by atoms with E-state index in [1.165, 1.54) is 0 Å². The summed E-state index contributed by atoms with van der Waals surface area (Å²) >= 11 is 6.15. The first-order valence-electron chi connectivity index (χ1n) is 11.0. The fourth-order valence-electron chi connectivity index (χ4n) is 4.10. The Morgan fingerprint density at radius 1 is 1.26 bits per heavy atom. The highest BCUT2D eigenvalue weighted by Crippen LogP contribution is 2.38. The number of halogens is 1. The van der Waals surface area contributed by atoms with Crippen LogP contribution in [0.25, 0.3) is 11.0 Å². The molecule has 1 aliphatic carbocycles. The second-order valence-electron chi connectivity index (χ2n) is 8.74. The highest BCUT2D eigenvalue weighted by Gasteiger charge is 2.34. The van der Waals surface area contributed by atoms with Crippen molar-refractivity contribution in [1.29, 1.82) is 0 Å². The Bertz CT molecular complexity index is 883. The van der Waals surface area contributed by atoms with Crippen LogP contribution in [0.1, 0.15) is 78.5 Å². The lowest BCUT2D eigenvalue weighted by molar-refractivity contribution is -0.145. The number of fused-ring (bicyclic) bond motifs is 1. The van der Waals surface area contributed by atoms with Crippen molar-refractivity contribution in [3.8, 4) is 0 Å². The van der Waals surface area contributed by atoms with Gasteiger partial charge in [0.2, 0.25) is 5.28 Å². The number of amides is 1. The number of nitrogens with one attached hydrogen (secondary N) is 1. The molecule has 172 valence electrons. The lowest BCUT2D eigenvalue weighted by atomic mass is 10.0. The minimum Gasteiger partial charge on any atom is -0.444 e. The van der Waals surface area contributed by atoms with E-state index in [1.54, 1.807) is 6.20 Å². The second kappa shape index (κ2) is 10.1. The van der Waals surface area contributed by atoms with E-state index < -0.39 is 18.0 Å². The number of carbonyl (C=O) groups is 1. The third-order valence-electron chi connectivity index (χ3n) is 5.24. The van der Waals surface area contributed by atoms with Gasteiger partial charge in [0, 0.05) is 24.8 Å². The van der Waals surface area contributed by atoms with Crippen LogP contribution in [0.15, 0.2) is 12.3 Å². The predicted octanol–water partition coefficient (Wildman–Crippen LogP) is 5.37. The van der Waals surface area contributed by atoms with Crippen molar-refractivity contribution in [2.45, 2.75) is 78.4 Å². The summed E-state index contributed by atoms with van der Waals surface area (Å²) in [6, 6.07) is 1.94. The zero-order chi connectivity index (χ0) is 22.6. The number of carbonyl (C=O) groups excluding carboxylic acids is 1. The maximum Gasteiger partial charge on any atom is 0.409 e. The van der Waals surface area contributed by atoms with Gasteiger partial charge in [-0.05, 0) is 71.0 Å². The molecule has 9 heteroatoms. The van der Waals surface area contributed by atoms with Crippen LogP contribution >= 0.6 is 11.6 Å². The highest BCUT2D eigenvalue weighted by molar-refractivity contribution is 6.28. The SMILES string of the molecule is CCOC(OCC)c1cc2cnc(Cl)nc2n1C(NC(=O)OC(C)(C)C)C1CCCC1. The molecule has 0 spiro atoms. The Morgan fingerprint density at radius 2 is 1.90 bits per heavy atom. The van der Waals surface area contributed by atoms with Crippen LogP contribution in [0, 0.1) is 5.92 Å². The van der Waals surface area contributed by atoms with Crippen LogP contribution < -0.4 is 5.32 Å². The number of nitrogens with zero attached hydrogens (tertiary/aromatic N) is 3. The van der Waals surface area contributed by atoms with Gasteiger partial charge in [-0.3, -0.25) is 0 Å². The van der Waals surface area contributed by atoms with Gasteiger partial charge in [-0.1, -0.05) is 12.8 Å². The molecular formula is C22H33ClN4O4. The van der Waals surface area contributed by atoms with Gasteiger partial charge in [0.1, 0.15) is 17.4 Å². The Labute approximate surface area is 188 Å². The summed E-state index contributed by atoms with van der Waals surface area (Å²) in [7, 11) is 0. The summed E-state index contributed by atoms with van der Waals surface area (Å²) in [5.41, 5.74) is 0.798. The molecule has 31 heavy (non-hydrogen) atoms. The number of ether oxygens (including phenoxy) is 3. The summed E-state index contributed by atoms with van der Waals surface area (Å²) in [4.78, 5) is 21.4. The number of alkyl carbamates (subject to hydrolysis) is 1. The Balaban J connectivity index is 2.11. The van der Waals surface area contributed by atoms with E-state index in [4.69, 9.17) is 25.8 Å². The topological polar surface area (TPSA) is 87.5 Å². The summed E-state index contributed by atoms with van der Waals surface area (Å²) < 4.78 is 19.4. The molecule has 0 bridgehead atoms. The molecule has 1 unspecified atom stereocenters. The van der Waals surface area contributed by atoms with Gasteiger partial charge in [-0.2, -0.15) is 4.98 Å². The monoisotopic (exact) mass is 452 g/mol. The van der Waals surface area contributed by atoms with Crippen molar-refractivity contribution in [3.63, 3.8) is 0 Å². The van der Waals surface area contributed by atoms with E-state index in [-0.39, 0.29) is 17.4 Å². The quantitative estimate of drug-likeness (QED) is 0.428. The van der Waals surface area contributed by atoms with E-state index in [0.29, 0.717) is 18.9 Å². The summed E-state index contributed by atoms with van der Waals surface area (Å²) in [5.74, 6) is 0.222. The normalized spacial score (nSPS) is 16.2. The van der Waals surface area contributed by atoms with Crippen LogP contribution in [0.3, 0.4) is 0 Å². The van der Waals surface area contributed by atoms with E-state index >= 15 is 0 Å². The molecule has 0 radical (unpaired) electrons. The van der Waals surface area contributed by atoms with Gasteiger partial charge in [-0.25, -0.2) is 9.78 Å². The van der Waals surface area contributed by atoms with Crippen molar-refractivity contribution < 1.29 is 19.0 Å². The number of aromatic nitrogens is 3. The minimum atomic E-state index is -0.604. The third-order valence-corrected chi connectivity index (χ3v) is 5.43. The molecule has 1 atom stereocenters. The Hall–Kier alpha value is -1.90. The van der Waals surface area contributed by atoms with Crippen molar-refractivity contribution in [3.05, 3.63) is 23.2 Å². The fraction of sp³-hybridized carbons (Fsp3) is 0.682. The van der Waals surface area contributed by atoms with Crippen LogP contribution in [0.2, 0.25) is 5.28 Å². The van der Waals surface area contributed by atoms with E-state index in [1.807, 2.05) is 45.3 Å². The third kappa shape index (κ3) is 5.87. The smallest absolute Gasteiger partial charge is 0.409 e. The maximum atomic E-state index is 12.8. The van der Waals surface area contributed by atoms with Gasteiger partial charge in [-0.15, -0.1) is 0 Å². The van der Waals surface area contributed by atoms with E-state index in [2.05, 4.69) is 15.3 Å². The Morgan fingerprint density at radius 3 is 2.48 bits per heavy atom. The van der Waals surface area contributed by atoms with Crippen molar-refractivity contribution in [1.82, 2.24) is 19.9 Å². The average molecular weight is 453 g/mol. The van der Waals surface area contributed by atoms with Crippen molar-refractivity contribution in [2.75, 3.05) is 13.2 Å². The second-order valence-corrected chi connectivity index (χ2v) is 9.07. The van der Waals surface area contributed by atoms with Gasteiger partial charge < -0.3 is 24.1 Å². The fourth-order valence-corrected chi connectivity index (χ4v) is 4.23. The predicted molar refractivity (Wildman–Crippen MR) is 119 cm³/mol. The summed E-state index contributed by atoms with van der Waals surface area (Å²) in [6.07, 6.45) is 4.44. The molecule has 1 saturated carbocycles. The first-order chi connectivity index (χ1) is 14.7. The molecule has 2 heterocycles. The Kier molecular flexibility index (Phi) is 7.78. The number of rotatable bonds is 8. The molecule has 1 fully saturated rings. The van der Waals surface area contributed by atoms with Crippen molar-refractivity contribution >= 4 is 28.7 Å². The molecule has 8 nitrogen and oxygen atoms in total. The van der Waals surface area contributed by atoms with Gasteiger partial charge in [0.15, 0.2) is 6.29 Å². The lowest BCUT2D eigenvalue weighted by Gasteiger charge is -2.31. The first-order valence-corrected chi connectivity index (χ1v) is 11.4. The molecule has 0 saturated heterocycles. The largest absolute Gasteiger partial charge is 0.444 e. The van der Waals surface area contributed by atoms with Crippen molar-refractivity contribution in [2.24, 2.45) is 5.92 Å². The van der Waals surface area contributed by atoms with Crippen LogP contribution in [-0.2, 0) is 14.2 Å². The maximum absolute atomic E-state index is 12.8. The molecule has 3 rings (SSSR count). The molecular weight excluding hydrogens is 420 g/mol. The molecule has 2 aromatic rings. The van der Waals surface area contributed by atoms with Crippen LogP contribution in [-0.4, -0.2) is 39.4 Å². The number of hydrogen-bond donors (Lipinski definition) is 1. The molecule has 0 aromatic carbocycles.